The van der Waals surface area contributed by atoms with Gasteiger partial charge >= 0.3 is 19.5 Å². The van der Waals surface area contributed by atoms with Gasteiger partial charge in [-0.05, 0) is 0 Å². The molecule has 0 fully saturated rings. The fraction of sp³-hybridized carbons (Fsp3) is 0. The Morgan fingerprint density at radius 2 is 0.429 bits per heavy atom. The molecule has 0 spiro atoms. The van der Waals surface area contributed by atoms with Gasteiger partial charge in [-0.2, -0.15) is 0 Å². The molecule has 0 aliphatic carbocycles. The van der Waals surface area contributed by atoms with Gasteiger partial charge in [0.2, 0.25) is 0 Å². The van der Waals surface area contributed by atoms with Gasteiger partial charge < -0.3 is 36.2 Å². The van der Waals surface area contributed by atoms with Crippen molar-refractivity contribution >= 4 is 0 Å². The molecule has 0 amide bonds. The minimum absolute atomic E-state index is 0. The summed E-state index contributed by atoms with van der Waals surface area (Å²) >= 11 is 0. The molecule has 0 aromatic heterocycles. The van der Waals surface area contributed by atoms with Crippen molar-refractivity contribution in [3.63, 3.8) is 0 Å². The van der Waals surface area contributed by atoms with E-state index < -0.39 is 0 Å². The number of nitrogens with two attached hydrogens (primary N) is 5. The van der Waals surface area contributed by atoms with Crippen molar-refractivity contribution in [2.24, 2.45) is 0 Å². The molecule has 0 heterocycles. The van der Waals surface area contributed by atoms with E-state index in [1.54, 1.807) is 0 Å². The van der Waals surface area contributed by atoms with Gasteiger partial charge in [0.05, 0.1) is 0 Å². The van der Waals surface area contributed by atoms with Crippen LogP contribution in [0.1, 0.15) is 0 Å². The molecule has 0 bridgehead atoms. The maximum atomic E-state index is 0. The third-order valence-electron chi connectivity index (χ3n) is 0. The third kappa shape index (κ3) is 834. The van der Waals surface area contributed by atoms with E-state index >= 15 is 0 Å². The van der Waals surface area contributed by atoms with E-state index in [4.69, 9.17) is 0 Å². The van der Waals surface area contributed by atoms with Crippen molar-refractivity contribution in [2.45, 2.75) is 0 Å². The minimum Gasteiger partial charge on any atom is -0.693 e. The number of rotatable bonds is 0. The van der Waals surface area contributed by atoms with Crippen LogP contribution in [0.4, 0.5) is 0 Å². The molecule has 7 heavy (non-hydrogen) atoms. The summed E-state index contributed by atoms with van der Waals surface area (Å²) in [5.41, 5.74) is 0. The second kappa shape index (κ2) is 1260. The predicted octanol–water partition coefficient (Wildman–Crippen LogP) is 2.76. The molecule has 7 heteroatoms. The van der Waals surface area contributed by atoms with Crippen molar-refractivity contribution in [3.8, 4) is 0 Å². The van der Waals surface area contributed by atoms with E-state index in [1.165, 1.54) is 0 Å². The maximum absolute atomic E-state index is 0. The van der Waals surface area contributed by atoms with Gasteiger partial charge in [-0.1, -0.05) is 0 Å². The second-order valence-electron chi connectivity index (χ2n) is 0. The van der Waals surface area contributed by atoms with Crippen LogP contribution in [-0.2, 0) is 19.5 Å². The summed E-state index contributed by atoms with van der Waals surface area (Å²) in [7, 11) is 0. The molecule has 0 aromatic rings. The van der Waals surface area contributed by atoms with Crippen LogP contribution in [0.5, 0.6) is 0 Å². The first-order valence-electron chi connectivity index (χ1n) is 0. The average molecular weight is 199 g/mol. The minimum atomic E-state index is 0. The average Bonchev–Trinajstić information content (AvgIpc) is 0. The van der Waals surface area contributed by atoms with Gasteiger partial charge in [0.1, 0.15) is 0 Å². The van der Waals surface area contributed by atoms with Gasteiger partial charge in [-0.25, -0.2) is 0 Å². The molecule has 0 unspecified atom stereocenters. The Morgan fingerprint density at radius 1 is 0.429 bits per heavy atom. The maximum Gasteiger partial charge on any atom is 5.00 e. The first-order valence-corrected chi connectivity index (χ1v) is 0. The van der Waals surface area contributed by atoms with Gasteiger partial charge in [0, 0.05) is 0 Å². The standard InChI is InChI=1S/5H2N.H2O.Ru/h6*1H2;/q5*-1;;+5. The molecule has 0 aliphatic heterocycles. The zero-order valence-electron chi connectivity index (χ0n) is 3.74. The van der Waals surface area contributed by atoms with Crippen LogP contribution >= 0.6 is 0 Å². The van der Waals surface area contributed by atoms with Crippen LogP contribution < -0.4 is 0 Å². The Kier molecular flexibility index (Phi) is 368000. The molecule has 51 valence electrons. The normalized spacial score (nSPS) is 0. The SMILES string of the molecule is O.[NH2-].[NH2-].[NH2-].[NH2-].[NH2-].[Ru+5]. The van der Waals surface area contributed by atoms with E-state index in [0.717, 1.165) is 0 Å². The Labute approximate surface area is 56.4 Å². The topological polar surface area (TPSA) is 199 Å². The Hall–Kier alpha value is 0.383. The molecule has 6 nitrogen and oxygen atoms in total. The summed E-state index contributed by atoms with van der Waals surface area (Å²) in [5, 5.41) is 0. The van der Waals surface area contributed by atoms with Gasteiger partial charge in [0.25, 0.3) is 0 Å². The molecule has 12 N–H and O–H groups in total. The van der Waals surface area contributed by atoms with Crippen LogP contribution in [0.15, 0.2) is 0 Å². The molecule has 0 aliphatic rings. The first kappa shape index (κ1) is 2050. The fourth-order valence-corrected chi connectivity index (χ4v) is 0. The summed E-state index contributed by atoms with van der Waals surface area (Å²) < 4.78 is 0. The van der Waals surface area contributed by atoms with Crippen molar-refractivity contribution in [2.75, 3.05) is 0 Å². The zero-order valence-corrected chi connectivity index (χ0v) is 5.48. The van der Waals surface area contributed by atoms with Crippen molar-refractivity contribution in [1.82, 2.24) is 0 Å². The Balaban J connectivity index is 0. The van der Waals surface area contributed by atoms with E-state index in [1.807, 2.05) is 0 Å². The number of hydrogen-bond acceptors (Lipinski definition) is 0. The fourth-order valence-electron chi connectivity index (χ4n) is 0. The molecule has 0 saturated heterocycles. The van der Waals surface area contributed by atoms with E-state index in [2.05, 4.69) is 0 Å². The predicted molar refractivity (Wildman–Crippen MR) is 30.0 cm³/mol. The molecule has 1 radical (unpaired) electrons. The van der Waals surface area contributed by atoms with Crippen molar-refractivity contribution in [1.29, 1.82) is 0 Å². The Bertz CT molecular complexity index is 8.04. The van der Waals surface area contributed by atoms with Crippen LogP contribution in [0.2, 0.25) is 0 Å². The van der Waals surface area contributed by atoms with Crippen LogP contribution in [0, 0.1) is 0 Å². The largest absolute Gasteiger partial charge is 5.00 e. The van der Waals surface area contributed by atoms with Crippen LogP contribution in [0.25, 0.3) is 30.8 Å². The van der Waals surface area contributed by atoms with E-state index in [9.17, 15) is 0 Å². The van der Waals surface area contributed by atoms with Gasteiger partial charge in [-0.3, -0.25) is 0 Å². The quantitative estimate of drug-likeness (QED) is 0.516. The molecular formula is H12N5ORu. The van der Waals surface area contributed by atoms with Gasteiger partial charge in [0.15, 0.2) is 0 Å². The van der Waals surface area contributed by atoms with Crippen molar-refractivity contribution < 1.29 is 25.0 Å². The molecule has 0 saturated carbocycles. The summed E-state index contributed by atoms with van der Waals surface area (Å²) in [4.78, 5) is 0. The van der Waals surface area contributed by atoms with E-state index in [-0.39, 0.29) is 55.7 Å². The summed E-state index contributed by atoms with van der Waals surface area (Å²) in [6.07, 6.45) is 0. The first-order chi connectivity index (χ1) is 0. The van der Waals surface area contributed by atoms with Crippen molar-refractivity contribution in [3.05, 3.63) is 30.8 Å². The zero-order chi connectivity index (χ0) is 0. The third-order valence-corrected chi connectivity index (χ3v) is 0. The monoisotopic (exact) mass is 200 g/mol. The van der Waals surface area contributed by atoms with Gasteiger partial charge in [-0.15, -0.1) is 0 Å². The molecular weight excluding hydrogens is 187 g/mol. The number of hydrogen-bond donors (Lipinski definition) is 0. The summed E-state index contributed by atoms with van der Waals surface area (Å²) in [6, 6.07) is 0. The summed E-state index contributed by atoms with van der Waals surface area (Å²) in [5.74, 6) is 0. The van der Waals surface area contributed by atoms with E-state index in [0.29, 0.717) is 0 Å². The van der Waals surface area contributed by atoms with Crippen LogP contribution in [0.3, 0.4) is 0 Å². The Morgan fingerprint density at radius 3 is 0.429 bits per heavy atom. The van der Waals surface area contributed by atoms with Crippen LogP contribution in [-0.4, -0.2) is 5.48 Å². The molecule has 0 aromatic carbocycles. The second-order valence-corrected chi connectivity index (χ2v) is 0. The summed E-state index contributed by atoms with van der Waals surface area (Å²) in [6.45, 7) is 0. The molecule has 0 atom stereocenters. The molecule has 0 rings (SSSR count). The smallest absolute Gasteiger partial charge is 0.693 e.